The molecule has 1 aromatic carbocycles. The molecule has 1 aromatic rings. The van der Waals surface area contributed by atoms with Gasteiger partial charge in [0, 0.05) is 6.42 Å². The minimum absolute atomic E-state index is 0.365. The molecule has 1 heteroatoms. The summed E-state index contributed by atoms with van der Waals surface area (Å²) in [6, 6.07) is 10.4. The Bertz CT molecular complexity index is 426. The van der Waals surface area contributed by atoms with Gasteiger partial charge in [0.25, 0.3) is 0 Å². The van der Waals surface area contributed by atoms with E-state index in [0.29, 0.717) is 11.7 Å². The Balaban J connectivity index is 2.41. The van der Waals surface area contributed by atoms with Gasteiger partial charge < -0.3 is 0 Å². The second kappa shape index (κ2) is 5.31. The van der Waals surface area contributed by atoms with Crippen LogP contribution in [0, 0.1) is 5.92 Å². The van der Waals surface area contributed by atoms with Crippen LogP contribution < -0.4 is 0 Å². The van der Waals surface area contributed by atoms with Crippen LogP contribution in [0.1, 0.15) is 45.1 Å². The van der Waals surface area contributed by atoms with E-state index in [4.69, 9.17) is 0 Å². The topological polar surface area (TPSA) is 17.1 Å². The van der Waals surface area contributed by atoms with Crippen molar-refractivity contribution in [2.45, 2.75) is 39.5 Å². The molecule has 0 atom stereocenters. The van der Waals surface area contributed by atoms with Crippen LogP contribution in [0.3, 0.4) is 0 Å². The molecular weight excluding hydrogens is 208 g/mol. The summed E-state index contributed by atoms with van der Waals surface area (Å²) in [7, 11) is 0. The van der Waals surface area contributed by atoms with Crippen LogP contribution in [0.4, 0.5) is 0 Å². The maximum Gasteiger partial charge on any atom is 0.159 e. The SMILES string of the molecule is CC(C)CC1=C(c2ccccc2)CCCC1=O. The number of rotatable bonds is 3. The van der Waals surface area contributed by atoms with Gasteiger partial charge in [0.1, 0.15) is 0 Å². The predicted molar refractivity (Wildman–Crippen MR) is 71.7 cm³/mol. The number of hydrogen-bond donors (Lipinski definition) is 0. The lowest BCUT2D eigenvalue weighted by molar-refractivity contribution is -0.116. The molecule has 0 unspecified atom stereocenters. The first kappa shape index (κ1) is 12.1. The van der Waals surface area contributed by atoms with Gasteiger partial charge >= 0.3 is 0 Å². The molecule has 0 spiro atoms. The predicted octanol–water partition coefficient (Wildman–Crippen LogP) is 4.24. The molecule has 0 N–H and O–H groups in total. The Labute approximate surface area is 104 Å². The molecule has 0 fully saturated rings. The van der Waals surface area contributed by atoms with Crippen molar-refractivity contribution in [3.05, 3.63) is 41.5 Å². The van der Waals surface area contributed by atoms with E-state index in [1.807, 2.05) is 6.07 Å². The standard InChI is InChI=1S/C16H20O/c1-12(2)11-15-14(9-6-10-16(15)17)13-7-4-3-5-8-13/h3-5,7-8,12H,6,9-11H2,1-2H3. The molecule has 0 aromatic heterocycles. The smallest absolute Gasteiger partial charge is 0.159 e. The van der Waals surface area contributed by atoms with Crippen LogP contribution >= 0.6 is 0 Å². The summed E-state index contributed by atoms with van der Waals surface area (Å²) in [5, 5.41) is 0. The third-order valence-corrected chi connectivity index (χ3v) is 3.27. The second-order valence-corrected chi connectivity index (χ2v) is 5.20. The first-order chi connectivity index (χ1) is 8.18. The highest BCUT2D eigenvalue weighted by molar-refractivity contribution is 6.04. The summed E-state index contributed by atoms with van der Waals surface area (Å²) in [4.78, 5) is 12.1. The average Bonchev–Trinajstić information content (AvgIpc) is 2.32. The summed E-state index contributed by atoms with van der Waals surface area (Å²) >= 11 is 0. The summed E-state index contributed by atoms with van der Waals surface area (Å²) in [6.07, 6.45) is 3.71. The Morgan fingerprint density at radius 2 is 1.82 bits per heavy atom. The van der Waals surface area contributed by atoms with Crippen LogP contribution in [0.5, 0.6) is 0 Å². The van der Waals surface area contributed by atoms with Crippen LogP contribution in [-0.4, -0.2) is 5.78 Å². The number of carbonyl (C=O) groups excluding carboxylic acids is 1. The highest BCUT2D eigenvalue weighted by Crippen LogP contribution is 2.33. The van der Waals surface area contributed by atoms with E-state index in [-0.39, 0.29) is 0 Å². The van der Waals surface area contributed by atoms with E-state index in [1.54, 1.807) is 0 Å². The molecule has 0 amide bonds. The normalized spacial score (nSPS) is 16.8. The number of allylic oxidation sites excluding steroid dienone is 2. The highest BCUT2D eigenvalue weighted by atomic mass is 16.1. The van der Waals surface area contributed by atoms with Crippen molar-refractivity contribution in [3.8, 4) is 0 Å². The fourth-order valence-corrected chi connectivity index (χ4v) is 2.50. The maximum absolute atomic E-state index is 12.1. The van der Waals surface area contributed by atoms with Crippen molar-refractivity contribution in [2.75, 3.05) is 0 Å². The molecule has 1 aliphatic carbocycles. The first-order valence-electron chi connectivity index (χ1n) is 6.49. The Morgan fingerprint density at radius 3 is 2.47 bits per heavy atom. The minimum atomic E-state index is 0.365. The van der Waals surface area contributed by atoms with E-state index >= 15 is 0 Å². The Hall–Kier alpha value is -1.37. The molecule has 0 saturated carbocycles. The zero-order valence-electron chi connectivity index (χ0n) is 10.7. The number of carbonyl (C=O) groups is 1. The van der Waals surface area contributed by atoms with Gasteiger partial charge in [-0.1, -0.05) is 44.2 Å². The van der Waals surface area contributed by atoms with Crippen molar-refractivity contribution >= 4 is 11.4 Å². The van der Waals surface area contributed by atoms with Crippen molar-refractivity contribution in [1.82, 2.24) is 0 Å². The number of hydrogen-bond acceptors (Lipinski definition) is 1. The number of Topliss-reactive ketones (excluding diaryl/α,β-unsaturated/α-hetero) is 1. The fraction of sp³-hybridized carbons (Fsp3) is 0.438. The van der Waals surface area contributed by atoms with Crippen LogP contribution in [0.15, 0.2) is 35.9 Å². The van der Waals surface area contributed by atoms with Crippen LogP contribution in [-0.2, 0) is 4.79 Å². The fourth-order valence-electron chi connectivity index (χ4n) is 2.50. The summed E-state index contributed by atoms with van der Waals surface area (Å²) in [5.41, 5.74) is 3.60. The van der Waals surface area contributed by atoms with Crippen molar-refractivity contribution in [2.24, 2.45) is 5.92 Å². The lowest BCUT2D eigenvalue weighted by Gasteiger charge is -2.21. The lowest BCUT2D eigenvalue weighted by atomic mass is 9.83. The molecule has 0 saturated heterocycles. The quantitative estimate of drug-likeness (QED) is 0.756. The van der Waals surface area contributed by atoms with Gasteiger partial charge in [-0.15, -0.1) is 0 Å². The van der Waals surface area contributed by atoms with Gasteiger partial charge in [-0.25, -0.2) is 0 Å². The first-order valence-corrected chi connectivity index (χ1v) is 6.49. The van der Waals surface area contributed by atoms with Crippen molar-refractivity contribution in [1.29, 1.82) is 0 Å². The van der Waals surface area contributed by atoms with Gasteiger partial charge in [-0.05, 0) is 41.9 Å². The molecule has 90 valence electrons. The molecule has 0 aliphatic heterocycles. The van der Waals surface area contributed by atoms with Gasteiger partial charge in [0.05, 0.1) is 0 Å². The van der Waals surface area contributed by atoms with E-state index < -0.39 is 0 Å². The largest absolute Gasteiger partial charge is 0.295 e. The van der Waals surface area contributed by atoms with Crippen LogP contribution in [0.25, 0.3) is 5.57 Å². The monoisotopic (exact) mass is 228 g/mol. The summed E-state index contributed by atoms with van der Waals surface area (Å²) in [6.45, 7) is 4.36. The lowest BCUT2D eigenvalue weighted by Crippen LogP contribution is -2.13. The average molecular weight is 228 g/mol. The zero-order valence-corrected chi connectivity index (χ0v) is 10.7. The van der Waals surface area contributed by atoms with E-state index in [0.717, 1.165) is 31.3 Å². The molecule has 1 nitrogen and oxygen atoms in total. The molecule has 0 bridgehead atoms. The van der Waals surface area contributed by atoms with Gasteiger partial charge in [0.2, 0.25) is 0 Å². The molecule has 0 heterocycles. The summed E-state index contributed by atoms with van der Waals surface area (Å²) in [5.74, 6) is 0.912. The Kier molecular flexibility index (Phi) is 3.78. The van der Waals surface area contributed by atoms with Crippen molar-refractivity contribution in [3.63, 3.8) is 0 Å². The van der Waals surface area contributed by atoms with Crippen LogP contribution in [0.2, 0.25) is 0 Å². The zero-order chi connectivity index (χ0) is 12.3. The second-order valence-electron chi connectivity index (χ2n) is 5.20. The molecule has 1 aliphatic rings. The highest BCUT2D eigenvalue weighted by Gasteiger charge is 2.21. The van der Waals surface area contributed by atoms with Gasteiger partial charge in [-0.3, -0.25) is 4.79 Å². The molecule has 0 radical (unpaired) electrons. The minimum Gasteiger partial charge on any atom is -0.295 e. The third-order valence-electron chi connectivity index (χ3n) is 3.27. The molecule has 2 rings (SSSR count). The number of benzene rings is 1. The molecule has 17 heavy (non-hydrogen) atoms. The number of ketones is 1. The van der Waals surface area contributed by atoms with E-state index in [9.17, 15) is 4.79 Å². The van der Waals surface area contributed by atoms with E-state index in [2.05, 4.69) is 38.1 Å². The maximum atomic E-state index is 12.1. The van der Waals surface area contributed by atoms with Gasteiger partial charge in [0.15, 0.2) is 5.78 Å². The van der Waals surface area contributed by atoms with Crippen molar-refractivity contribution < 1.29 is 4.79 Å². The van der Waals surface area contributed by atoms with E-state index in [1.165, 1.54) is 11.1 Å². The Morgan fingerprint density at radius 1 is 1.12 bits per heavy atom. The molecular formula is C16H20O. The summed E-state index contributed by atoms with van der Waals surface area (Å²) < 4.78 is 0. The van der Waals surface area contributed by atoms with Gasteiger partial charge in [-0.2, -0.15) is 0 Å². The third kappa shape index (κ3) is 2.85.